The van der Waals surface area contributed by atoms with E-state index in [1.54, 1.807) is 0 Å². The van der Waals surface area contributed by atoms with Crippen molar-refractivity contribution >= 4 is 5.82 Å². The SMILES string of the molecule is Nc1nonc1-c1nc(C23CC4CC(CC(C4)C2)C3)no1. The molecule has 0 aromatic carbocycles. The van der Waals surface area contributed by atoms with Gasteiger partial charge in [0.15, 0.2) is 5.82 Å². The fraction of sp³-hybridized carbons (Fsp3) is 0.714. The van der Waals surface area contributed by atoms with Crippen LogP contribution in [-0.2, 0) is 5.41 Å². The second-order valence-electron chi connectivity index (χ2n) is 7.12. The molecule has 4 fully saturated rings. The summed E-state index contributed by atoms with van der Waals surface area (Å²) in [5.41, 5.74) is 6.15. The van der Waals surface area contributed by atoms with Gasteiger partial charge >= 0.3 is 0 Å². The van der Waals surface area contributed by atoms with E-state index in [2.05, 4.69) is 25.1 Å². The lowest BCUT2D eigenvalue weighted by Crippen LogP contribution is -2.49. The van der Waals surface area contributed by atoms with Crippen LogP contribution in [0.25, 0.3) is 11.6 Å². The summed E-state index contributed by atoms with van der Waals surface area (Å²) in [6, 6.07) is 0. The molecule has 7 nitrogen and oxygen atoms in total. The summed E-state index contributed by atoms with van der Waals surface area (Å²) in [4.78, 5) is 4.58. The first-order chi connectivity index (χ1) is 10.2. The molecule has 4 aliphatic rings. The Morgan fingerprint density at radius 2 is 1.62 bits per heavy atom. The zero-order chi connectivity index (χ0) is 14.0. The van der Waals surface area contributed by atoms with Crippen molar-refractivity contribution in [3.63, 3.8) is 0 Å². The van der Waals surface area contributed by atoms with E-state index in [-0.39, 0.29) is 11.2 Å². The van der Waals surface area contributed by atoms with E-state index in [0.29, 0.717) is 11.6 Å². The summed E-state index contributed by atoms with van der Waals surface area (Å²) >= 11 is 0. The third-order valence-electron chi connectivity index (χ3n) is 5.66. The molecule has 4 saturated carbocycles. The summed E-state index contributed by atoms with van der Waals surface area (Å²) < 4.78 is 9.98. The molecule has 21 heavy (non-hydrogen) atoms. The fourth-order valence-corrected chi connectivity index (χ4v) is 5.26. The Morgan fingerprint density at radius 1 is 0.952 bits per heavy atom. The van der Waals surface area contributed by atoms with Gasteiger partial charge in [-0.25, -0.2) is 4.63 Å². The van der Waals surface area contributed by atoms with Crippen molar-refractivity contribution in [2.24, 2.45) is 17.8 Å². The number of nitrogens with two attached hydrogens (primary N) is 1. The number of hydrogen-bond acceptors (Lipinski definition) is 7. The van der Waals surface area contributed by atoms with Crippen molar-refractivity contribution in [3.8, 4) is 11.6 Å². The Kier molecular flexibility index (Phi) is 2.14. The summed E-state index contributed by atoms with van der Waals surface area (Å²) in [7, 11) is 0. The summed E-state index contributed by atoms with van der Waals surface area (Å²) in [5, 5.41) is 11.5. The van der Waals surface area contributed by atoms with Crippen LogP contribution in [0.2, 0.25) is 0 Å². The van der Waals surface area contributed by atoms with Gasteiger partial charge in [0.25, 0.3) is 5.89 Å². The van der Waals surface area contributed by atoms with Crippen molar-refractivity contribution in [1.82, 2.24) is 20.5 Å². The smallest absolute Gasteiger partial charge is 0.284 e. The van der Waals surface area contributed by atoms with Gasteiger partial charge in [0.1, 0.15) is 0 Å². The van der Waals surface area contributed by atoms with E-state index in [4.69, 9.17) is 10.3 Å². The maximum Gasteiger partial charge on any atom is 0.284 e. The number of nitrogens with zero attached hydrogens (tertiary/aromatic N) is 4. The minimum absolute atomic E-state index is 0.114. The number of nitrogen functional groups attached to an aromatic ring is 1. The van der Waals surface area contributed by atoms with Gasteiger partial charge in [0, 0.05) is 5.41 Å². The highest BCUT2D eigenvalue weighted by atomic mass is 16.6. The van der Waals surface area contributed by atoms with Gasteiger partial charge in [-0.2, -0.15) is 4.98 Å². The van der Waals surface area contributed by atoms with Crippen LogP contribution in [0, 0.1) is 17.8 Å². The minimum Gasteiger partial charge on any atom is -0.379 e. The van der Waals surface area contributed by atoms with E-state index in [9.17, 15) is 0 Å². The molecule has 0 amide bonds. The molecule has 6 rings (SSSR count). The molecule has 0 radical (unpaired) electrons. The fourth-order valence-electron chi connectivity index (χ4n) is 5.26. The topological polar surface area (TPSA) is 104 Å². The Morgan fingerprint density at radius 3 is 2.19 bits per heavy atom. The van der Waals surface area contributed by atoms with Crippen molar-refractivity contribution in [2.45, 2.75) is 43.9 Å². The predicted molar refractivity (Wildman–Crippen MR) is 71.9 cm³/mol. The van der Waals surface area contributed by atoms with Crippen LogP contribution in [0.15, 0.2) is 9.15 Å². The molecule has 2 N–H and O–H groups in total. The van der Waals surface area contributed by atoms with Gasteiger partial charge in [0.2, 0.25) is 11.5 Å². The highest BCUT2D eigenvalue weighted by Crippen LogP contribution is 2.60. The second kappa shape index (κ2) is 3.84. The number of aromatic nitrogens is 4. The van der Waals surface area contributed by atoms with Gasteiger partial charge in [0.05, 0.1) is 0 Å². The molecule has 0 saturated heterocycles. The highest BCUT2D eigenvalue weighted by Gasteiger charge is 2.53. The van der Waals surface area contributed by atoms with E-state index >= 15 is 0 Å². The first-order valence-corrected chi connectivity index (χ1v) is 7.64. The van der Waals surface area contributed by atoms with Crippen LogP contribution in [0.1, 0.15) is 44.3 Å². The summed E-state index contributed by atoms with van der Waals surface area (Å²) in [6.45, 7) is 0. The Balaban J connectivity index is 1.54. The van der Waals surface area contributed by atoms with Crippen LogP contribution >= 0.6 is 0 Å². The lowest BCUT2D eigenvalue weighted by atomic mass is 9.49. The van der Waals surface area contributed by atoms with Crippen molar-refractivity contribution in [1.29, 1.82) is 0 Å². The Labute approximate surface area is 121 Å². The predicted octanol–water partition coefficient (Wildman–Crippen LogP) is 2.17. The molecule has 4 aliphatic carbocycles. The maximum absolute atomic E-state index is 5.69. The monoisotopic (exact) mass is 287 g/mol. The quantitative estimate of drug-likeness (QED) is 0.902. The van der Waals surface area contributed by atoms with Crippen LogP contribution in [0.3, 0.4) is 0 Å². The van der Waals surface area contributed by atoms with E-state index < -0.39 is 0 Å². The largest absolute Gasteiger partial charge is 0.379 e. The molecule has 2 aromatic rings. The third kappa shape index (κ3) is 1.60. The molecular formula is C14H17N5O2. The lowest BCUT2D eigenvalue weighted by molar-refractivity contribution is -0.0103. The Hall–Kier alpha value is -1.92. The van der Waals surface area contributed by atoms with Crippen LogP contribution in [0.4, 0.5) is 5.82 Å². The second-order valence-corrected chi connectivity index (χ2v) is 7.12. The van der Waals surface area contributed by atoms with Crippen molar-refractivity contribution in [3.05, 3.63) is 5.82 Å². The molecule has 2 aromatic heterocycles. The number of hydrogen-bond donors (Lipinski definition) is 1. The molecule has 2 heterocycles. The Bertz CT molecular complexity index is 656. The van der Waals surface area contributed by atoms with Gasteiger partial charge < -0.3 is 10.3 Å². The zero-order valence-corrected chi connectivity index (χ0v) is 11.7. The van der Waals surface area contributed by atoms with Crippen molar-refractivity contribution in [2.75, 3.05) is 5.73 Å². The lowest BCUT2D eigenvalue weighted by Gasteiger charge is -2.55. The highest BCUT2D eigenvalue weighted by molar-refractivity contribution is 5.60. The van der Waals surface area contributed by atoms with E-state index in [1.807, 2.05) is 0 Å². The first-order valence-electron chi connectivity index (χ1n) is 7.64. The van der Waals surface area contributed by atoms with Gasteiger partial charge in [-0.15, -0.1) is 0 Å². The molecule has 0 atom stereocenters. The van der Waals surface area contributed by atoms with Crippen LogP contribution in [0.5, 0.6) is 0 Å². The van der Waals surface area contributed by atoms with E-state index in [1.165, 1.54) is 38.5 Å². The maximum atomic E-state index is 5.69. The summed E-state index contributed by atoms with van der Waals surface area (Å²) in [6.07, 6.45) is 7.78. The minimum atomic E-state index is 0.114. The number of rotatable bonds is 2. The van der Waals surface area contributed by atoms with Crippen LogP contribution in [-0.4, -0.2) is 20.5 Å². The molecule has 0 spiro atoms. The third-order valence-corrected chi connectivity index (χ3v) is 5.66. The molecule has 0 aliphatic heterocycles. The normalized spacial score (nSPS) is 37.2. The number of anilines is 1. The van der Waals surface area contributed by atoms with Crippen molar-refractivity contribution < 1.29 is 9.15 Å². The molecule has 4 bridgehead atoms. The van der Waals surface area contributed by atoms with Gasteiger partial charge in [-0.3, -0.25) is 0 Å². The molecule has 7 heteroatoms. The summed E-state index contributed by atoms with van der Waals surface area (Å²) in [5.74, 6) is 3.88. The average molecular weight is 287 g/mol. The molecule has 110 valence electrons. The molecule has 0 unspecified atom stereocenters. The molecular weight excluding hydrogens is 270 g/mol. The van der Waals surface area contributed by atoms with Gasteiger partial charge in [-0.1, -0.05) is 5.16 Å². The van der Waals surface area contributed by atoms with Crippen LogP contribution < -0.4 is 5.73 Å². The average Bonchev–Trinajstić information content (AvgIpc) is 3.05. The first kappa shape index (κ1) is 11.7. The standard InChI is InChI=1S/C14H17N5O2/c15-11-10(17-21-18-11)12-16-13(19-20-12)14-4-7-1-8(5-14)3-9(2-7)6-14/h7-9H,1-6H2,(H2,15,18). The zero-order valence-electron chi connectivity index (χ0n) is 11.7. The van der Waals surface area contributed by atoms with E-state index in [0.717, 1.165) is 23.6 Å². The van der Waals surface area contributed by atoms with Gasteiger partial charge in [-0.05, 0) is 66.6 Å².